The fraction of sp³-hybridized carbons (Fsp3) is 0.357. The van der Waals surface area contributed by atoms with Crippen LogP contribution in [0.25, 0.3) is 0 Å². The van der Waals surface area contributed by atoms with E-state index < -0.39 is 6.16 Å². The first kappa shape index (κ1) is 15.7. The fourth-order valence-electron chi connectivity index (χ4n) is 1.94. The van der Waals surface area contributed by atoms with Crippen LogP contribution in [0.5, 0.6) is 0 Å². The van der Waals surface area contributed by atoms with Crippen molar-refractivity contribution in [3.63, 3.8) is 0 Å². The largest absolute Gasteiger partial charge is 0.506 e. The number of nitrogens with one attached hydrogen (secondary N) is 1. The Morgan fingerprint density at radius 3 is 2.70 bits per heavy atom. The van der Waals surface area contributed by atoms with Crippen molar-refractivity contribution in [1.29, 1.82) is 5.41 Å². The maximum atomic E-state index is 12.1. The summed E-state index contributed by atoms with van der Waals surface area (Å²) < 4.78 is 5.85. The maximum Gasteiger partial charge on any atom is 0.506 e. The van der Waals surface area contributed by atoms with Crippen molar-refractivity contribution >= 4 is 11.9 Å². The van der Waals surface area contributed by atoms with Gasteiger partial charge in [-0.15, -0.1) is 0 Å². The lowest BCUT2D eigenvalue weighted by atomic mass is 10.1. The molecule has 108 valence electrons. The molecule has 2 N–H and O–H groups in total. The topological polar surface area (TPSA) is 92.4 Å². The second-order valence-corrected chi connectivity index (χ2v) is 4.12. The van der Waals surface area contributed by atoms with Crippen molar-refractivity contribution in [2.45, 2.75) is 33.9 Å². The van der Waals surface area contributed by atoms with Crippen molar-refractivity contribution in [3.05, 3.63) is 45.4 Å². The number of aryl methyl sites for hydroxylation is 1. The van der Waals surface area contributed by atoms with Gasteiger partial charge in [0.1, 0.15) is 6.61 Å². The first-order valence-corrected chi connectivity index (χ1v) is 6.28. The minimum Gasteiger partial charge on any atom is -0.450 e. The Hall–Kier alpha value is -2.37. The van der Waals surface area contributed by atoms with Gasteiger partial charge in [-0.05, 0) is 24.1 Å². The molecule has 0 saturated heterocycles. The molecular formula is C14H18N2O4. The van der Waals surface area contributed by atoms with Crippen LogP contribution in [0, 0.1) is 12.3 Å². The average molecular weight is 278 g/mol. The molecule has 6 nitrogen and oxygen atoms in total. The summed E-state index contributed by atoms with van der Waals surface area (Å²) in [5, 5.41) is 16.2. The van der Waals surface area contributed by atoms with Crippen LogP contribution in [0.2, 0.25) is 0 Å². The number of carbonyl (C=O) groups is 1. The summed E-state index contributed by atoms with van der Waals surface area (Å²) in [6.45, 7) is 9.40. The van der Waals surface area contributed by atoms with E-state index >= 15 is 0 Å². The number of rotatable bonds is 2. The van der Waals surface area contributed by atoms with Gasteiger partial charge in [0.05, 0.1) is 23.5 Å². The third-order valence-corrected chi connectivity index (χ3v) is 2.92. The van der Waals surface area contributed by atoms with Gasteiger partial charge in [-0.2, -0.15) is 0 Å². The molecule has 0 atom stereocenters. The van der Waals surface area contributed by atoms with Crippen LogP contribution < -0.4 is 5.56 Å². The van der Waals surface area contributed by atoms with E-state index in [1.807, 2.05) is 13.8 Å². The molecule has 6 heteroatoms. The van der Waals surface area contributed by atoms with Crippen LogP contribution in [0.1, 0.15) is 30.7 Å². The van der Waals surface area contributed by atoms with Gasteiger partial charge in [-0.3, -0.25) is 10.2 Å². The monoisotopic (exact) mass is 278 g/mol. The highest BCUT2D eigenvalue weighted by atomic mass is 16.7. The molecule has 0 bridgehead atoms. The molecule has 0 radical (unpaired) electrons. The Labute approximate surface area is 116 Å². The summed E-state index contributed by atoms with van der Waals surface area (Å²) in [6, 6.07) is 1.68. The summed E-state index contributed by atoms with van der Waals surface area (Å²) in [4.78, 5) is 22.5. The zero-order valence-electron chi connectivity index (χ0n) is 11.8. The lowest BCUT2D eigenvalue weighted by Crippen LogP contribution is -2.26. The highest BCUT2D eigenvalue weighted by Crippen LogP contribution is 2.19. The Morgan fingerprint density at radius 2 is 2.15 bits per heavy atom. The fourth-order valence-corrected chi connectivity index (χ4v) is 1.94. The summed E-state index contributed by atoms with van der Waals surface area (Å²) in [7, 11) is 0. The van der Waals surface area contributed by atoms with E-state index in [-0.39, 0.29) is 24.4 Å². The third kappa shape index (κ3) is 2.79. The second-order valence-electron chi connectivity index (χ2n) is 4.12. The molecule has 1 aliphatic heterocycles. The predicted octanol–water partition coefficient (Wildman–Crippen LogP) is 2.32. The third-order valence-electron chi connectivity index (χ3n) is 2.92. The zero-order valence-corrected chi connectivity index (χ0v) is 11.8. The molecule has 0 amide bonds. The number of carboxylic acid groups (broad SMARTS) is 1. The number of allylic oxidation sites excluding steroid dienone is 1. The number of fused-ring (bicyclic) bond motifs is 1. The van der Waals surface area contributed by atoms with E-state index in [1.165, 1.54) is 4.57 Å². The van der Waals surface area contributed by atoms with Gasteiger partial charge < -0.3 is 14.4 Å². The van der Waals surface area contributed by atoms with E-state index in [4.69, 9.17) is 10.5 Å². The Bertz CT molecular complexity index is 629. The molecule has 0 aromatic carbocycles. The smallest absolute Gasteiger partial charge is 0.450 e. The predicted molar refractivity (Wildman–Crippen MR) is 75.6 cm³/mol. The van der Waals surface area contributed by atoms with Crippen molar-refractivity contribution in [2.24, 2.45) is 0 Å². The minimum absolute atomic E-state index is 0.251. The van der Waals surface area contributed by atoms with E-state index in [0.29, 0.717) is 22.4 Å². The molecule has 20 heavy (non-hydrogen) atoms. The number of hydrogen-bond donors (Lipinski definition) is 2. The quantitative estimate of drug-likeness (QED) is 0.812. The van der Waals surface area contributed by atoms with Gasteiger partial charge in [-0.1, -0.05) is 20.4 Å². The van der Waals surface area contributed by atoms with Crippen molar-refractivity contribution in [2.75, 3.05) is 0 Å². The SMILES string of the molecule is C=C1Cn2c(cc(C)c(COC(=O)O)c2=O)C1=N.CC. The van der Waals surface area contributed by atoms with Crippen molar-refractivity contribution < 1.29 is 14.6 Å². The van der Waals surface area contributed by atoms with Gasteiger partial charge in [-0.25, -0.2) is 4.79 Å². The summed E-state index contributed by atoms with van der Waals surface area (Å²) >= 11 is 0. The lowest BCUT2D eigenvalue weighted by Gasteiger charge is -2.09. The normalized spacial score (nSPS) is 12.6. The van der Waals surface area contributed by atoms with Crippen molar-refractivity contribution in [3.8, 4) is 0 Å². The first-order valence-electron chi connectivity index (χ1n) is 6.28. The highest BCUT2D eigenvalue weighted by molar-refractivity contribution is 6.11. The van der Waals surface area contributed by atoms with Crippen LogP contribution in [-0.2, 0) is 17.9 Å². The van der Waals surface area contributed by atoms with E-state index in [1.54, 1.807) is 13.0 Å². The minimum atomic E-state index is -1.42. The Balaban J connectivity index is 0.000000956. The average Bonchev–Trinajstić information content (AvgIpc) is 2.69. The Kier molecular flexibility index (Phi) is 4.85. The molecule has 1 aromatic heterocycles. The molecule has 0 unspecified atom stereocenters. The number of ether oxygens (including phenoxy) is 1. The van der Waals surface area contributed by atoms with E-state index in [2.05, 4.69) is 11.3 Å². The standard InChI is InChI=1S/C12H12N2O4.C2H6/c1-6-3-9-10(13)7(2)4-14(9)11(15)8(6)5-18-12(16)17;1-2/h3,13H,2,4-5H2,1H3,(H,16,17);1-2H3. The molecule has 1 aliphatic rings. The number of pyridine rings is 1. The van der Waals surface area contributed by atoms with Crippen LogP contribution >= 0.6 is 0 Å². The summed E-state index contributed by atoms with van der Waals surface area (Å²) in [6.07, 6.45) is -1.42. The molecule has 1 aromatic rings. The van der Waals surface area contributed by atoms with Crippen LogP contribution in [-0.4, -0.2) is 21.5 Å². The van der Waals surface area contributed by atoms with Crippen LogP contribution in [0.4, 0.5) is 4.79 Å². The van der Waals surface area contributed by atoms with Crippen LogP contribution in [0.3, 0.4) is 0 Å². The molecule has 2 rings (SSSR count). The van der Waals surface area contributed by atoms with Gasteiger partial charge in [0, 0.05) is 0 Å². The molecule has 0 spiro atoms. The lowest BCUT2D eigenvalue weighted by molar-refractivity contribution is 0.0848. The zero-order chi connectivity index (χ0) is 15.4. The van der Waals surface area contributed by atoms with Gasteiger partial charge in [0.15, 0.2) is 0 Å². The van der Waals surface area contributed by atoms with Crippen LogP contribution in [0.15, 0.2) is 23.0 Å². The Morgan fingerprint density at radius 1 is 1.55 bits per heavy atom. The molecule has 2 heterocycles. The first-order chi connectivity index (χ1) is 9.41. The molecule has 0 fully saturated rings. The number of hydrogen-bond acceptors (Lipinski definition) is 4. The number of nitrogens with zero attached hydrogens (tertiary/aromatic N) is 1. The maximum absolute atomic E-state index is 12.1. The van der Waals surface area contributed by atoms with E-state index in [0.717, 1.165) is 0 Å². The number of aromatic nitrogens is 1. The highest BCUT2D eigenvalue weighted by Gasteiger charge is 2.23. The summed E-state index contributed by atoms with van der Waals surface area (Å²) in [5.41, 5.74) is 1.93. The van der Waals surface area contributed by atoms with Gasteiger partial charge >= 0.3 is 6.16 Å². The van der Waals surface area contributed by atoms with E-state index in [9.17, 15) is 9.59 Å². The molecule has 0 saturated carbocycles. The molecular weight excluding hydrogens is 260 g/mol. The van der Waals surface area contributed by atoms with Crippen molar-refractivity contribution in [1.82, 2.24) is 4.57 Å². The molecule has 0 aliphatic carbocycles. The van der Waals surface area contributed by atoms with Gasteiger partial charge in [0.2, 0.25) is 0 Å². The summed E-state index contributed by atoms with van der Waals surface area (Å²) in [5.74, 6) is 0. The second kappa shape index (κ2) is 6.18. The van der Waals surface area contributed by atoms with Gasteiger partial charge in [0.25, 0.3) is 5.56 Å².